The Morgan fingerprint density at radius 3 is 2.48 bits per heavy atom. The summed E-state index contributed by atoms with van der Waals surface area (Å²) < 4.78 is 1.74. The van der Waals surface area contributed by atoms with Crippen LogP contribution >= 0.6 is 0 Å². The monoisotopic (exact) mass is 390 g/mol. The molecule has 29 heavy (non-hydrogen) atoms. The summed E-state index contributed by atoms with van der Waals surface area (Å²) in [4.78, 5) is 2.26. The van der Waals surface area contributed by atoms with E-state index in [1.807, 2.05) is 37.5 Å². The Morgan fingerprint density at radius 1 is 1.07 bits per heavy atom. The van der Waals surface area contributed by atoms with Crippen molar-refractivity contribution >= 4 is 5.82 Å². The molecule has 3 atom stereocenters. The number of benzene rings is 1. The fraction of sp³-hybridized carbons (Fsp3) is 0.409. The SMILES string of the molecule is CN(c1ccc(-c2ccc(-c3cnn(C)c3)cc2O)nn1)C1CC2CC[C@@H](C1)N2. The van der Waals surface area contributed by atoms with Crippen LogP contribution in [0, 0.1) is 0 Å². The summed E-state index contributed by atoms with van der Waals surface area (Å²) in [6.45, 7) is 0. The molecule has 7 heteroatoms. The van der Waals surface area contributed by atoms with Crippen molar-refractivity contribution < 1.29 is 5.11 Å². The second-order valence-electron chi connectivity index (χ2n) is 8.29. The molecule has 150 valence electrons. The average molecular weight is 390 g/mol. The molecule has 1 aromatic carbocycles. The lowest BCUT2D eigenvalue weighted by Crippen LogP contribution is -2.47. The number of nitrogens with zero attached hydrogens (tertiary/aromatic N) is 5. The summed E-state index contributed by atoms with van der Waals surface area (Å²) in [6, 6.07) is 11.3. The average Bonchev–Trinajstić information content (AvgIpc) is 3.32. The third kappa shape index (κ3) is 3.46. The molecular formula is C22H26N6O. The van der Waals surface area contributed by atoms with Crippen LogP contribution < -0.4 is 10.2 Å². The molecule has 2 unspecified atom stereocenters. The summed E-state index contributed by atoms with van der Waals surface area (Å²) in [6.07, 6.45) is 8.60. The van der Waals surface area contributed by atoms with Crippen molar-refractivity contribution in [2.75, 3.05) is 11.9 Å². The van der Waals surface area contributed by atoms with Crippen LogP contribution in [-0.2, 0) is 7.05 Å². The molecular weight excluding hydrogens is 364 g/mol. The number of rotatable bonds is 4. The predicted molar refractivity (Wildman–Crippen MR) is 113 cm³/mol. The van der Waals surface area contributed by atoms with Gasteiger partial charge in [0.15, 0.2) is 5.82 Å². The van der Waals surface area contributed by atoms with Gasteiger partial charge in [-0.1, -0.05) is 6.07 Å². The lowest BCUT2D eigenvalue weighted by Gasteiger charge is -2.36. The van der Waals surface area contributed by atoms with E-state index in [2.05, 4.69) is 32.6 Å². The van der Waals surface area contributed by atoms with Crippen LogP contribution in [0.1, 0.15) is 25.7 Å². The Morgan fingerprint density at radius 2 is 1.86 bits per heavy atom. The smallest absolute Gasteiger partial charge is 0.151 e. The Labute approximate surface area is 170 Å². The summed E-state index contributed by atoms with van der Waals surface area (Å²) in [5.74, 6) is 1.07. The molecule has 2 N–H and O–H groups in total. The zero-order chi connectivity index (χ0) is 20.0. The maximum absolute atomic E-state index is 10.5. The number of aromatic nitrogens is 4. The van der Waals surface area contributed by atoms with Gasteiger partial charge in [-0.2, -0.15) is 5.10 Å². The number of hydrogen-bond acceptors (Lipinski definition) is 6. The van der Waals surface area contributed by atoms with Crippen LogP contribution in [0.15, 0.2) is 42.7 Å². The van der Waals surface area contributed by atoms with Crippen molar-refractivity contribution in [2.24, 2.45) is 7.05 Å². The highest BCUT2D eigenvalue weighted by molar-refractivity contribution is 5.73. The minimum Gasteiger partial charge on any atom is -0.507 e. The minimum atomic E-state index is 0.191. The third-order valence-corrected chi connectivity index (χ3v) is 6.32. The maximum atomic E-state index is 10.5. The number of fused-ring (bicyclic) bond motifs is 2. The van der Waals surface area contributed by atoms with Gasteiger partial charge >= 0.3 is 0 Å². The highest BCUT2D eigenvalue weighted by Crippen LogP contribution is 2.34. The molecule has 0 saturated carbocycles. The predicted octanol–water partition coefficient (Wildman–Crippen LogP) is 2.97. The molecule has 0 aliphatic carbocycles. The molecule has 0 spiro atoms. The molecule has 2 aliphatic heterocycles. The van der Waals surface area contributed by atoms with Crippen LogP contribution in [0.5, 0.6) is 5.75 Å². The minimum absolute atomic E-state index is 0.191. The number of nitrogens with one attached hydrogen (secondary N) is 1. The van der Waals surface area contributed by atoms with Gasteiger partial charge in [-0.05, 0) is 55.5 Å². The zero-order valence-electron chi connectivity index (χ0n) is 16.8. The van der Waals surface area contributed by atoms with E-state index in [0.29, 0.717) is 29.4 Å². The molecule has 2 bridgehead atoms. The van der Waals surface area contributed by atoms with Crippen molar-refractivity contribution in [2.45, 2.75) is 43.8 Å². The van der Waals surface area contributed by atoms with Gasteiger partial charge in [-0.3, -0.25) is 4.68 Å². The second-order valence-corrected chi connectivity index (χ2v) is 8.29. The fourth-order valence-electron chi connectivity index (χ4n) is 4.69. The normalized spacial score (nSPS) is 23.3. The number of aryl methyl sites for hydroxylation is 1. The van der Waals surface area contributed by atoms with Gasteiger partial charge in [0.25, 0.3) is 0 Å². The Bertz CT molecular complexity index is 1000. The Kier molecular flexibility index (Phi) is 4.47. The molecule has 0 radical (unpaired) electrons. The van der Waals surface area contributed by atoms with E-state index in [0.717, 1.165) is 29.8 Å². The van der Waals surface area contributed by atoms with Crippen molar-refractivity contribution in [1.82, 2.24) is 25.3 Å². The standard InChI is InChI=1S/C22H26N6O/c1-27-13-15(12-23-27)14-3-6-19(21(29)9-14)20-7-8-22(26-25-20)28(2)18-10-16-4-5-17(11-18)24-16/h3,6-9,12-13,16-18,24,29H,4-5,10-11H2,1-2H3/t16-,17?,18?/m0/s1. The van der Waals surface area contributed by atoms with E-state index in [-0.39, 0.29) is 5.75 Å². The molecule has 0 amide bonds. The topological polar surface area (TPSA) is 79.1 Å². The van der Waals surface area contributed by atoms with E-state index in [9.17, 15) is 5.11 Å². The van der Waals surface area contributed by atoms with Crippen molar-refractivity contribution in [3.63, 3.8) is 0 Å². The van der Waals surface area contributed by atoms with Gasteiger partial charge < -0.3 is 15.3 Å². The van der Waals surface area contributed by atoms with E-state index in [1.54, 1.807) is 16.9 Å². The Balaban J connectivity index is 1.34. The van der Waals surface area contributed by atoms with Crippen LogP contribution in [0.3, 0.4) is 0 Å². The van der Waals surface area contributed by atoms with E-state index >= 15 is 0 Å². The number of hydrogen-bond donors (Lipinski definition) is 2. The van der Waals surface area contributed by atoms with Crippen LogP contribution in [0.25, 0.3) is 22.4 Å². The van der Waals surface area contributed by atoms with Gasteiger partial charge in [0, 0.05) is 49.5 Å². The largest absolute Gasteiger partial charge is 0.507 e. The van der Waals surface area contributed by atoms with E-state index in [1.165, 1.54) is 12.8 Å². The van der Waals surface area contributed by atoms with Crippen LogP contribution in [0.2, 0.25) is 0 Å². The van der Waals surface area contributed by atoms with Gasteiger partial charge in [0.1, 0.15) is 5.75 Å². The lowest BCUT2D eigenvalue weighted by atomic mass is 9.98. The van der Waals surface area contributed by atoms with Gasteiger partial charge in [0.05, 0.1) is 11.9 Å². The van der Waals surface area contributed by atoms with Crippen molar-refractivity contribution in [3.8, 4) is 28.1 Å². The second kappa shape index (κ2) is 7.15. The molecule has 2 aromatic heterocycles. The quantitative estimate of drug-likeness (QED) is 0.713. The zero-order valence-corrected chi connectivity index (χ0v) is 16.8. The molecule has 4 heterocycles. The molecule has 5 rings (SSSR count). The summed E-state index contributed by atoms with van der Waals surface area (Å²) in [7, 11) is 3.99. The summed E-state index contributed by atoms with van der Waals surface area (Å²) in [5, 5.41) is 27.3. The highest BCUT2D eigenvalue weighted by Gasteiger charge is 2.35. The van der Waals surface area contributed by atoms with E-state index < -0.39 is 0 Å². The molecule has 7 nitrogen and oxygen atoms in total. The van der Waals surface area contributed by atoms with Crippen molar-refractivity contribution in [1.29, 1.82) is 0 Å². The lowest BCUT2D eigenvalue weighted by molar-refractivity contribution is 0.353. The first-order chi connectivity index (χ1) is 14.1. The van der Waals surface area contributed by atoms with Crippen molar-refractivity contribution in [3.05, 3.63) is 42.7 Å². The van der Waals surface area contributed by atoms with E-state index in [4.69, 9.17) is 0 Å². The first-order valence-corrected chi connectivity index (χ1v) is 10.2. The number of piperidine rings is 1. The van der Waals surface area contributed by atoms with Gasteiger partial charge in [-0.15, -0.1) is 10.2 Å². The number of phenols is 1. The molecule has 2 fully saturated rings. The molecule has 2 aliphatic rings. The number of aromatic hydroxyl groups is 1. The van der Waals surface area contributed by atoms with Gasteiger partial charge in [-0.25, -0.2) is 0 Å². The number of anilines is 1. The first kappa shape index (κ1) is 18.1. The summed E-state index contributed by atoms with van der Waals surface area (Å²) >= 11 is 0. The molecule has 3 aromatic rings. The summed E-state index contributed by atoms with van der Waals surface area (Å²) in [5.41, 5.74) is 3.24. The maximum Gasteiger partial charge on any atom is 0.151 e. The number of phenolic OH excluding ortho intramolecular Hbond substituents is 1. The highest BCUT2D eigenvalue weighted by atomic mass is 16.3. The van der Waals surface area contributed by atoms with Crippen LogP contribution in [0.4, 0.5) is 5.82 Å². The Hall–Kier alpha value is -2.93. The fourth-order valence-corrected chi connectivity index (χ4v) is 4.69. The molecule has 2 saturated heterocycles. The van der Waals surface area contributed by atoms with Crippen LogP contribution in [-0.4, -0.2) is 50.3 Å². The third-order valence-electron chi connectivity index (χ3n) is 6.32. The first-order valence-electron chi connectivity index (χ1n) is 10.2. The van der Waals surface area contributed by atoms with Gasteiger partial charge in [0.2, 0.25) is 0 Å².